The molecule has 0 spiro atoms. The molecule has 1 atom stereocenters. The number of carbonyl (C=O) groups is 2. The molecule has 3 aromatic rings. The summed E-state index contributed by atoms with van der Waals surface area (Å²) in [6, 6.07) is 17.4. The van der Waals surface area contributed by atoms with Gasteiger partial charge in [0.2, 0.25) is 0 Å². The first-order chi connectivity index (χ1) is 15.7. The number of carbonyl (C=O) groups excluding carboxylic acids is 1. The van der Waals surface area contributed by atoms with Crippen LogP contribution in [0.2, 0.25) is 5.02 Å². The summed E-state index contributed by atoms with van der Waals surface area (Å²) in [4.78, 5) is 28.1. The van der Waals surface area contributed by atoms with Crippen molar-refractivity contribution in [2.45, 2.75) is 10.6 Å². The van der Waals surface area contributed by atoms with Crippen LogP contribution in [0.5, 0.6) is 0 Å². The van der Waals surface area contributed by atoms with Crippen LogP contribution in [0, 0.1) is 5.92 Å². The molecule has 0 radical (unpaired) electrons. The Morgan fingerprint density at radius 2 is 1.73 bits per heavy atom. The summed E-state index contributed by atoms with van der Waals surface area (Å²) in [6.45, 7) is 0. The Balaban J connectivity index is 1.61. The van der Waals surface area contributed by atoms with Gasteiger partial charge in [0.15, 0.2) is 9.84 Å². The zero-order valence-corrected chi connectivity index (χ0v) is 19.7. The molecular formula is C23H21ClN2O5S2. The maximum Gasteiger partial charge on any atom is 0.308 e. The molecule has 1 aromatic heterocycles. The lowest BCUT2D eigenvalue weighted by Gasteiger charge is -2.13. The average molecular weight is 505 g/mol. The van der Waals surface area contributed by atoms with E-state index in [1.807, 2.05) is 12.1 Å². The van der Waals surface area contributed by atoms with Gasteiger partial charge in [-0.05, 0) is 60.7 Å². The van der Waals surface area contributed by atoms with Gasteiger partial charge in [-0.3, -0.25) is 14.6 Å². The molecule has 7 nitrogen and oxygen atoms in total. The van der Waals surface area contributed by atoms with Crippen LogP contribution in [-0.2, 0) is 20.4 Å². The fourth-order valence-corrected chi connectivity index (χ4v) is 5.74. The molecule has 172 valence electrons. The van der Waals surface area contributed by atoms with Gasteiger partial charge >= 0.3 is 5.97 Å². The van der Waals surface area contributed by atoms with E-state index in [2.05, 4.69) is 10.3 Å². The molecule has 2 aromatic carbocycles. The number of thioether (sulfide) groups is 1. The number of rotatable bonds is 10. The van der Waals surface area contributed by atoms with Crippen LogP contribution < -0.4 is 5.32 Å². The van der Waals surface area contributed by atoms with Gasteiger partial charge in [0.05, 0.1) is 22.3 Å². The molecule has 1 amide bonds. The molecule has 0 bridgehead atoms. The van der Waals surface area contributed by atoms with Crippen molar-refractivity contribution < 1.29 is 23.1 Å². The predicted molar refractivity (Wildman–Crippen MR) is 129 cm³/mol. The topological polar surface area (TPSA) is 113 Å². The standard InChI is InChI=1S/C23H21ClN2O5S2/c24-18-6-4-16(5-7-18)22(27)26-19-8-10-21(11-9-19)33(30,31)15-17(23(28)29)13-32-14-20-3-1-2-12-25-20/h1-12,17H,13-15H2,(H,26,27)(H,28,29). The number of nitrogens with one attached hydrogen (secondary N) is 1. The first-order valence-electron chi connectivity index (χ1n) is 9.85. The van der Waals surface area contributed by atoms with Crippen LogP contribution >= 0.6 is 23.4 Å². The van der Waals surface area contributed by atoms with Gasteiger partial charge in [0, 0.05) is 34.0 Å². The Labute approximate surface area is 201 Å². The summed E-state index contributed by atoms with van der Waals surface area (Å²) in [5, 5.41) is 12.7. The Kier molecular flexibility index (Phi) is 8.49. The van der Waals surface area contributed by atoms with Crippen LogP contribution in [-0.4, -0.2) is 41.9 Å². The van der Waals surface area contributed by atoms with Gasteiger partial charge in [0.1, 0.15) is 0 Å². The maximum atomic E-state index is 12.8. The van der Waals surface area contributed by atoms with E-state index in [1.165, 1.54) is 36.0 Å². The van der Waals surface area contributed by atoms with Gasteiger partial charge in [0.25, 0.3) is 5.91 Å². The summed E-state index contributed by atoms with van der Waals surface area (Å²) in [6.07, 6.45) is 1.65. The van der Waals surface area contributed by atoms with Crippen molar-refractivity contribution in [2.24, 2.45) is 5.92 Å². The number of amides is 1. The lowest BCUT2D eigenvalue weighted by atomic mass is 10.2. The zero-order chi connectivity index (χ0) is 23.8. The first-order valence-corrected chi connectivity index (χ1v) is 13.0. The Bertz CT molecular complexity index is 1200. The van der Waals surface area contributed by atoms with E-state index in [1.54, 1.807) is 36.5 Å². The summed E-state index contributed by atoms with van der Waals surface area (Å²) in [7, 11) is -3.84. The largest absolute Gasteiger partial charge is 0.481 e. The van der Waals surface area contributed by atoms with E-state index >= 15 is 0 Å². The van der Waals surface area contributed by atoms with Gasteiger partial charge in [-0.2, -0.15) is 11.8 Å². The minimum absolute atomic E-state index is 0.00651. The number of hydrogen-bond acceptors (Lipinski definition) is 6. The van der Waals surface area contributed by atoms with Gasteiger partial charge in [-0.15, -0.1) is 0 Å². The van der Waals surface area contributed by atoms with E-state index in [4.69, 9.17) is 11.6 Å². The van der Waals surface area contributed by atoms with E-state index in [0.717, 1.165) is 5.69 Å². The molecule has 3 rings (SSSR count). The second-order valence-electron chi connectivity index (χ2n) is 7.14. The summed E-state index contributed by atoms with van der Waals surface area (Å²) in [5.74, 6) is -2.48. The average Bonchev–Trinajstić information content (AvgIpc) is 2.79. The summed E-state index contributed by atoms with van der Waals surface area (Å²) >= 11 is 7.14. The SMILES string of the molecule is O=C(Nc1ccc(S(=O)(=O)CC(CSCc2ccccn2)C(=O)O)cc1)c1ccc(Cl)cc1. The van der Waals surface area contributed by atoms with Gasteiger partial charge in [-0.1, -0.05) is 17.7 Å². The van der Waals surface area contributed by atoms with Crippen molar-refractivity contribution >= 4 is 50.8 Å². The molecule has 0 saturated heterocycles. The molecule has 10 heteroatoms. The third-order valence-electron chi connectivity index (χ3n) is 4.64. The van der Waals surface area contributed by atoms with Crippen LogP contribution in [0.1, 0.15) is 16.1 Å². The number of carboxylic acids is 1. The zero-order valence-electron chi connectivity index (χ0n) is 17.3. The van der Waals surface area contributed by atoms with E-state index in [0.29, 0.717) is 22.0 Å². The molecule has 1 unspecified atom stereocenters. The molecule has 0 aliphatic carbocycles. The number of aliphatic carboxylic acids is 1. The quantitative estimate of drug-likeness (QED) is 0.420. The fourth-order valence-electron chi connectivity index (χ4n) is 2.89. The molecule has 1 heterocycles. The molecule has 33 heavy (non-hydrogen) atoms. The predicted octanol–water partition coefficient (Wildman–Crippen LogP) is 4.40. The lowest BCUT2D eigenvalue weighted by Crippen LogP contribution is -2.26. The molecule has 0 aliphatic rings. The van der Waals surface area contributed by atoms with E-state index in [-0.39, 0.29) is 16.6 Å². The van der Waals surface area contributed by atoms with Crippen molar-refractivity contribution in [1.29, 1.82) is 0 Å². The van der Waals surface area contributed by atoms with Gasteiger partial charge in [-0.25, -0.2) is 8.42 Å². The Morgan fingerprint density at radius 1 is 1.03 bits per heavy atom. The van der Waals surface area contributed by atoms with Crippen LogP contribution in [0.3, 0.4) is 0 Å². The number of hydrogen-bond donors (Lipinski definition) is 2. The first kappa shape index (κ1) is 24.8. The van der Waals surface area contributed by atoms with Crippen molar-refractivity contribution in [3.63, 3.8) is 0 Å². The highest BCUT2D eigenvalue weighted by Crippen LogP contribution is 2.22. The monoisotopic (exact) mass is 504 g/mol. The number of aromatic nitrogens is 1. The number of nitrogens with zero attached hydrogens (tertiary/aromatic N) is 1. The smallest absolute Gasteiger partial charge is 0.308 e. The second-order valence-corrected chi connectivity index (χ2v) is 10.6. The second kappa shape index (κ2) is 11.3. The number of anilines is 1. The minimum atomic E-state index is -3.84. The fraction of sp³-hybridized carbons (Fsp3) is 0.174. The van der Waals surface area contributed by atoms with E-state index in [9.17, 15) is 23.1 Å². The third-order valence-corrected chi connectivity index (χ3v) is 7.86. The van der Waals surface area contributed by atoms with Crippen LogP contribution in [0.4, 0.5) is 5.69 Å². The van der Waals surface area contributed by atoms with Crippen LogP contribution in [0.15, 0.2) is 77.8 Å². The maximum absolute atomic E-state index is 12.8. The third kappa shape index (κ3) is 7.31. The number of carboxylic acid groups (broad SMARTS) is 1. The number of sulfone groups is 1. The highest BCUT2D eigenvalue weighted by atomic mass is 35.5. The summed E-state index contributed by atoms with van der Waals surface area (Å²) < 4.78 is 25.6. The molecule has 0 saturated carbocycles. The van der Waals surface area contributed by atoms with Crippen molar-refractivity contribution in [2.75, 3.05) is 16.8 Å². The normalized spacial score (nSPS) is 12.2. The number of halogens is 1. The van der Waals surface area contributed by atoms with Crippen molar-refractivity contribution in [3.8, 4) is 0 Å². The summed E-state index contributed by atoms with van der Waals surface area (Å²) in [5.41, 5.74) is 1.61. The van der Waals surface area contributed by atoms with Crippen molar-refractivity contribution in [3.05, 3.63) is 89.2 Å². The van der Waals surface area contributed by atoms with E-state index < -0.39 is 27.5 Å². The molecule has 0 fully saturated rings. The molecule has 2 N–H and O–H groups in total. The number of benzene rings is 2. The van der Waals surface area contributed by atoms with Gasteiger partial charge < -0.3 is 10.4 Å². The minimum Gasteiger partial charge on any atom is -0.481 e. The Morgan fingerprint density at radius 3 is 2.33 bits per heavy atom. The number of pyridine rings is 1. The van der Waals surface area contributed by atoms with Crippen LogP contribution in [0.25, 0.3) is 0 Å². The highest BCUT2D eigenvalue weighted by molar-refractivity contribution is 7.98. The molecular weight excluding hydrogens is 484 g/mol. The lowest BCUT2D eigenvalue weighted by molar-refractivity contribution is -0.140. The molecule has 0 aliphatic heterocycles. The van der Waals surface area contributed by atoms with Crippen molar-refractivity contribution in [1.82, 2.24) is 4.98 Å². The Hall–Kier alpha value is -2.88. The highest BCUT2D eigenvalue weighted by Gasteiger charge is 2.26.